The van der Waals surface area contributed by atoms with E-state index in [1.807, 2.05) is 0 Å². The lowest BCUT2D eigenvalue weighted by Gasteiger charge is -2.38. The minimum absolute atomic E-state index is 0. The number of hydrogen-bond donors (Lipinski definition) is 1. The number of nitrogens with zero attached hydrogens (tertiary/aromatic N) is 2. The zero-order chi connectivity index (χ0) is 18.6. The minimum Gasteiger partial charge on any atom is -0.334 e. The molecule has 0 radical (unpaired) electrons. The van der Waals surface area contributed by atoms with Gasteiger partial charge in [-0.15, -0.1) is 12.4 Å². The van der Waals surface area contributed by atoms with Gasteiger partial charge in [-0.3, -0.25) is 4.79 Å². The van der Waals surface area contributed by atoms with Crippen LogP contribution in [0.3, 0.4) is 0 Å². The van der Waals surface area contributed by atoms with Crippen molar-refractivity contribution in [2.75, 3.05) is 26.2 Å². The number of carbonyl (C=O) groups is 1. The number of amides is 1. The third kappa shape index (κ3) is 4.76. The van der Waals surface area contributed by atoms with Crippen LogP contribution >= 0.6 is 12.4 Å². The fourth-order valence-electron chi connectivity index (χ4n) is 3.41. The molecule has 0 aliphatic carbocycles. The quantitative estimate of drug-likeness (QED) is 0.790. The van der Waals surface area contributed by atoms with Crippen molar-refractivity contribution in [1.29, 1.82) is 0 Å². The summed E-state index contributed by atoms with van der Waals surface area (Å²) in [6.45, 7) is 7.66. The Morgan fingerprint density at radius 3 is 2.54 bits per heavy atom. The van der Waals surface area contributed by atoms with Gasteiger partial charge < -0.3 is 10.6 Å². The van der Waals surface area contributed by atoms with Gasteiger partial charge in [0, 0.05) is 37.8 Å². The Balaban J connectivity index is 0.00000338. The number of nitrogens with two attached hydrogens (primary N) is 1. The third-order valence-corrected chi connectivity index (χ3v) is 6.98. The lowest BCUT2D eigenvalue weighted by Crippen LogP contribution is -2.49. The summed E-state index contributed by atoms with van der Waals surface area (Å²) in [7, 11) is -3.58. The van der Waals surface area contributed by atoms with E-state index in [1.54, 1.807) is 36.9 Å². The van der Waals surface area contributed by atoms with E-state index in [2.05, 4.69) is 6.92 Å². The molecule has 26 heavy (non-hydrogen) atoms. The summed E-state index contributed by atoms with van der Waals surface area (Å²) in [6, 6.07) is 6.35. The predicted molar refractivity (Wildman–Crippen MR) is 106 cm³/mol. The van der Waals surface area contributed by atoms with E-state index in [4.69, 9.17) is 5.73 Å². The normalized spacial score (nSPS) is 20.7. The average Bonchev–Trinajstić information content (AvgIpc) is 2.62. The van der Waals surface area contributed by atoms with Crippen LogP contribution in [0.15, 0.2) is 29.2 Å². The molecule has 2 rings (SSSR count). The molecule has 1 heterocycles. The van der Waals surface area contributed by atoms with Gasteiger partial charge in [-0.1, -0.05) is 26.8 Å². The topological polar surface area (TPSA) is 83.7 Å². The number of halogens is 1. The van der Waals surface area contributed by atoms with Crippen LogP contribution in [0.1, 0.15) is 44.0 Å². The van der Waals surface area contributed by atoms with Crippen LogP contribution in [0.4, 0.5) is 0 Å². The van der Waals surface area contributed by atoms with E-state index in [0.717, 1.165) is 12.8 Å². The van der Waals surface area contributed by atoms with Crippen LogP contribution in [0.2, 0.25) is 0 Å². The standard InChI is InChI=1S/C18H29N3O3S.ClH/c1-4-20(5-2)25(23,24)17-8-6-7-15(12-17)18(22)21-10-9-14(3)11-16(21)13-19;/h6-8,12,14,16H,4-5,9-11,13,19H2,1-3H3;1H. The van der Waals surface area contributed by atoms with Crippen molar-refractivity contribution in [3.63, 3.8) is 0 Å². The number of likely N-dealkylation sites (tertiary alicyclic amines) is 1. The first-order valence-electron chi connectivity index (χ1n) is 8.96. The second-order valence-electron chi connectivity index (χ2n) is 6.63. The third-order valence-electron chi connectivity index (χ3n) is 4.94. The molecule has 148 valence electrons. The summed E-state index contributed by atoms with van der Waals surface area (Å²) in [5, 5.41) is 0. The fraction of sp³-hybridized carbons (Fsp3) is 0.611. The van der Waals surface area contributed by atoms with E-state index < -0.39 is 10.0 Å². The number of rotatable bonds is 6. The largest absolute Gasteiger partial charge is 0.334 e. The molecular weight excluding hydrogens is 374 g/mol. The molecule has 6 nitrogen and oxygen atoms in total. The van der Waals surface area contributed by atoms with Crippen LogP contribution in [0.5, 0.6) is 0 Å². The van der Waals surface area contributed by atoms with Crippen LogP contribution < -0.4 is 5.73 Å². The average molecular weight is 404 g/mol. The molecule has 2 N–H and O–H groups in total. The van der Waals surface area contributed by atoms with Gasteiger partial charge in [0.05, 0.1) is 4.90 Å². The molecule has 2 atom stereocenters. The zero-order valence-electron chi connectivity index (χ0n) is 15.7. The Morgan fingerprint density at radius 1 is 1.31 bits per heavy atom. The lowest BCUT2D eigenvalue weighted by atomic mass is 9.92. The molecule has 1 aromatic rings. The van der Waals surface area contributed by atoms with Crippen molar-refractivity contribution in [2.45, 2.75) is 44.6 Å². The van der Waals surface area contributed by atoms with Gasteiger partial charge >= 0.3 is 0 Å². The maximum absolute atomic E-state index is 12.9. The molecule has 2 unspecified atom stereocenters. The minimum atomic E-state index is -3.58. The van der Waals surface area contributed by atoms with Gasteiger partial charge in [0.25, 0.3) is 5.91 Å². The molecule has 1 aromatic carbocycles. The van der Waals surface area contributed by atoms with Crippen molar-refractivity contribution in [1.82, 2.24) is 9.21 Å². The SMILES string of the molecule is CCN(CC)S(=O)(=O)c1cccc(C(=O)N2CCC(C)CC2CN)c1.Cl. The summed E-state index contributed by atoms with van der Waals surface area (Å²) >= 11 is 0. The van der Waals surface area contributed by atoms with E-state index >= 15 is 0 Å². The van der Waals surface area contributed by atoms with Gasteiger partial charge in [0.1, 0.15) is 0 Å². The second kappa shape index (κ2) is 9.69. The van der Waals surface area contributed by atoms with Gasteiger partial charge in [0.15, 0.2) is 0 Å². The highest BCUT2D eigenvalue weighted by Crippen LogP contribution is 2.25. The molecule has 0 saturated carbocycles. The molecule has 0 spiro atoms. The first-order chi connectivity index (χ1) is 11.8. The number of sulfonamides is 1. The van der Waals surface area contributed by atoms with Crippen molar-refractivity contribution in [3.8, 4) is 0 Å². The maximum Gasteiger partial charge on any atom is 0.254 e. The van der Waals surface area contributed by atoms with Crippen molar-refractivity contribution >= 4 is 28.3 Å². The summed E-state index contributed by atoms with van der Waals surface area (Å²) in [5.74, 6) is 0.408. The number of hydrogen-bond acceptors (Lipinski definition) is 4. The number of piperidine rings is 1. The Hall–Kier alpha value is -1.15. The first kappa shape index (κ1) is 22.9. The summed E-state index contributed by atoms with van der Waals surface area (Å²) in [6.07, 6.45) is 1.83. The molecule has 1 aliphatic rings. The summed E-state index contributed by atoms with van der Waals surface area (Å²) < 4.78 is 26.8. The van der Waals surface area contributed by atoms with Gasteiger partial charge in [-0.05, 0) is 37.0 Å². The fourth-order valence-corrected chi connectivity index (χ4v) is 4.91. The highest BCUT2D eigenvalue weighted by atomic mass is 35.5. The molecule has 1 amide bonds. The Bertz CT molecular complexity index is 707. The predicted octanol–water partition coefficient (Wildman–Crippen LogP) is 2.34. The Kier molecular flexibility index (Phi) is 8.53. The van der Waals surface area contributed by atoms with Crippen LogP contribution in [-0.4, -0.2) is 55.8 Å². The molecule has 1 saturated heterocycles. The smallest absolute Gasteiger partial charge is 0.254 e. The zero-order valence-corrected chi connectivity index (χ0v) is 17.4. The Labute approximate surface area is 163 Å². The molecule has 8 heteroatoms. The molecule has 1 aliphatic heterocycles. The summed E-state index contributed by atoms with van der Waals surface area (Å²) in [4.78, 5) is 14.9. The number of carbonyl (C=O) groups excluding carboxylic acids is 1. The van der Waals surface area contributed by atoms with Gasteiger partial charge in [-0.2, -0.15) is 4.31 Å². The highest BCUT2D eigenvalue weighted by Gasteiger charge is 2.30. The van der Waals surface area contributed by atoms with E-state index in [-0.39, 0.29) is 29.3 Å². The van der Waals surface area contributed by atoms with Crippen molar-refractivity contribution in [2.24, 2.45) is 11.7 Å². The Morgan fingerprint density at radius 2 is 1.96 bits per heavy atom. The molecule has 1 fully saturated rings. The van der Waals surface area contributed by atoms with E-state index in [0.29, 0.717) is 37.7 Å². The molecule has 0 aromatic heterocycles. The van der Waals surface area contributed by atoms with Crippen molar-refractivity contribution in [3.05, 3.63) is 29.8 Å². The van der Waals surface area contributed by atoms with Crippen LogP contribution in [-0.2, 0) is 10.0 Å². The van der Waals surface area contributed by atoms with E-state index in [9.17, 15) is 13.2 Å². The number of benzene rings is 1. The van der Waals surface area contributed by atoms with Crippen LogP contribution in [0, 0.1) is 5.92 Å². The highest BCUT2D eigenvalue weighted by molar-refractivity contribution is 7.89. The maximum atomic E-state index is 12.9. The second-order valence-corrected chi connectivity index (χ2v) is 8.57. The first-order valence-corrected chi connectivity index (χ1v) is 10.4. The van der Waals surface area contributed by atoms with E-state index in [1.165, 1.54) is 10.4 Å². The lowest BCUT2D eigenvalue weighted by molar-refractivity contribution is 0.0573. The van der Waals surface area contributed by atoms with Crippen LogP contribution in [0.25, 0.3) is 0 Å². The van der Waals surface area contributed by atoms with Gasteiger partial charge in [-0.25, -0.2) is 8.42 Å². The molecule has 0 bridgehead atoms. The monoisotopic (exact) mass is 403 g/mol. The van der Waals surface area contributed by atoms with Crippen molar-refractivity contribution < 1.29 is 13.2 Å². The van der Waals surface area contributed by atoms with Gasteiger partial charge in [0.2, 0.25) is 10.0 Å². The molecular formula is C18H30ClN3O3S. The summed E-state index contributed by atoms with van der Waals surface area (Å²) in [5.41, 5.74) is 6.25.